The van der Waals surface area contributed by atoms with Gasteiger partial charge in [-0.15, -0.1) is 0 Å². The number of halogens is 1. The molecule has 0 radical (unpaired) electrons. The lowest BCUT2D eigenvalue weighted by Gasteiger charge is -2.35. The normalized spacial score (nSPS) is 24.4. The number of hydrogen-bond acceptors (Lipinski definition) is 3. The first-order valence-electron chi connectivity index (χ1n) is 6.35. The van der Waals surface area contributed by atoms with Gasteiger partial charge in [-0.05, 0) is 37.6 Å². The molecule has 5 heteroatoms. The Balaban J connectivity index is 2.18. The molecule has 2 rings (SSSR count). The third-order valence-corrected chi connectivity index (χ3v) is 3.19. The largest absolute Gasteiger partial charge is 0.478 e. The van der Waals surface area contributed by atoms with Crippen LogP contribution in [0.25, 0.3) is 0 Å². The first-order valence-corrected chi connectivity index (χ1v) is 6.35. The highest BCUT2D eigenvalue weighted by Crippen LogP contribution is 2.18. The summed E-state index contributed by atoms with van der Waals surface area (Å²) in [4.78, 5) is 13.2. The van der Waals surface area contributed by atoms with E-state index in [-0.39, 0.29) is 17.8 Å². The van der Waals surface area contributed by atoms with E-state index >= 15 is 0 Å². The van der Waals surface area contributed by atoms with Gasteiger partial charge >= 0.3 is 5.97 Å². The third kappa shape index (κ3) is 3.52. The Hall–Kier alpha value is -1.46. The van der Waals surface area contributed by atoms with E-state index in [0.717, 1.165) is 13.1 Å². The van der Waals surface area contributed by atoms with E-state index in [1.165, 1.54) is 18.2 Å². The number of carboxylic acid groups (broad SMARTS) is 1. The van der Waals surface area contributed by atoms with Crippen LogP contribution in [0.5, 0.6) is 0 Å². The van der Waals surface area contributed by atoms with Crippen LogP contribution in [0.2, 0.25) is 0 Å². The highest BCUT2D eigenvalue weighted by Gasteiger charge is 2.23. The molecule has 4 nitrogen and oxygen atoms in total. The average Bonchev–Trinajstić information content (AvgIpc) is 2.26. The smallest absolute Gasteiger partial charge is 0.336 e. The minimum absolute atomic E-state index is 0.102. The zero-order valence-corrected chi connectivity index (χ0v) is 11.1. The van der Waals surface area contributed by atoms with Crippen molar-refractivity contribution >= 4 is 5.97 Å². The van der Waals surface area contributed by atoms with Crippen molar-refractivity contribution in [1.82, 2.24) is 4.90 Å². The lowest BCUT2D eigenvalue weighted by molar-refractivity contribution is -0.0705. The molecular weight excluding hydrogens is 249 g/mol. The van der Waals surface area contributed by atoms with Crippen LogP contribution in [0, 0.1) is 5.82 Å². The van der Waals surface area contributed by atoms with Gasteiger partial charge in [-0.1, -0.05) is 0 Å². The summed E-state index contributed by atoms with van der Waals surface area (Å²) < 4.78 is 18.9. The molecule has 2 atom stereocenters. The average molecular weight is 267 g/mol. The second-order valence-corrected chi connectivity index (χ2v) is 5.06. The van der Waals surface area contributed by atoms with Gasteiger partial charge in [-0.3, -0.25) is 4.90 Å². The molecule has 0 bridgehead atoms. The number of hydrogen-bond donors (Lipinski definition) is 1. The van der Waals surface area contributed by atoms with Gasteiger partial charge in [0.1, 0.15) is 5.82 Å². The summed E-state index contributed by atoms with van der Waals surface area (Å²) in [5, 5.41) is 9.12. The predicted molar refractivity (Wildman–Crippen MR) is 68.6 cm³/mol. The van der Waals surface area contributed by atoms with Crippen LogP contribution in [0.4, 0.5) is 4.39 Å². The summed E-state index contributed by atoms with van der Waals surface area (Å²) in [6.45, 7) is 5.83. The van der Waals surface area contributed by atoms with Gasteiger partial charge in [0, 0.05) is 19.6 Å². The molecule has 1 aliphatic heterocycles. The summed E-state index contributed by atoms with van der Waals surface area (Å²) in [5.74, 6) is -1.43. The Kier molecular flexibility index (Phi) is 4.17. The number of benzene rings is 1. The molecule has 1 aromatic rings. The number of carbonyl (C=O) groups is 1. The van der Waals surface area contributed by atoms with Gasteiger partial charge in [-0.25, -0.2) is 9.18 Å². The molecule has 1 heterocycles. The molecule has 1 fully saturated rings. The van der Waals surface area contributed by atoms with E-state index in [4.69, 9.17) is 9.84 Å². The van der Waals surface area contributed by atoms with Crippen molar-refractivity contribution in [1.29, 1.82) is 0 Å². The first kappa shape index (κ1) is 14.0. The Morgan fingerprint density at radius 1 is 1.42 bits per heavy atom. The van der Waals surface area contributed by atoms with Gasteiger partial charge < -0.3 is 9.84 Å². The van der Waals surface area contributed by atoms with E-state index in [1.54, 1.807) is 0 Å². The van der Waals surface area contributed by atoms with Crippen molar-refractivity contribution in [3.05, 3.63) is 35.1 Å². The van der Waals surface area contributed by atoms with Crippen molar-refractivity contribution in [3.63, 3.8) is 0 Å². The maximum Gasteiger partial charge on any atom is 0.336 e. The number of nitrogens with zero attached hydrogens (tertiary/aromatic N) is 1. The molecule has 1 N–H and O–H groups in total. The number of morpholine rings is 1. The summed E-state index contributed by atoms with van der Waals surface area (Å²) in [7, 11) is 0. The maximum atomic E-state index is 13.3. The fourth-order valence-corrected chi connectivity index (χ4v) is 2.56. The highest BCUT2D eigenvalue weighted by atomic mass is 19.1. The van der Waals surface area contributed by atoms with Crippen molar-refractivity contribution in [2.75, 3.05) is 13.1 Å². The van der Waals surface area contributed by atoms with E-state index in [1.807, 2.05) is 13.8 Å². The Morgan fingerprint density at radius 2 is 2.05 bits per heavy atom. The van der Waals surface area contributed by atoms with Crippen LogP contribution in [-0.4, -0.2) is 41.3 Å². The Morgan fingerprint density at radius 3 is 2.63 bits per heavy atom. The molecule has 19 heavy (non-hydrogen) atoms. The van der Waals surface area contributed by atoms with Gasteiger partial charge in [0.05, 0.1) is 17.8 Å². The van der Waals surface area contributed by atoms with Crippen molar-refractivity contribution < 1.29 is 19.0 Å². The summed E-state index contributed by atoms with van der Waals surface area (Å²) in [6, 6.07) is 3.80. The van der Waals surface area contributed by atoms with Gasteiger partial charge in [0.2, 0.25) is 0 Å². The van der Waals surface area contributed by atoms with Crippen LogP contribution < -0.4 is 0 Å². The van der Waals surface area contributed by atoms with Crippen molar-refractivity contribution in [3.8, 4) is 0 Å². The van der Waals surface area contributed by atoms with Crippen molar-refractivity contribution in [2.24, 2.45) is 0 Å². The highest BCUT2D eigenvalue weighted by molar-refractivity contribution is 5.89. The molecular formula is C14H18FNO3. The second kappa shape index (κ2) is 5.67. The zero-order valence-electron chi connectivity index (χ0n) is 11.1. The molecule has 0 spiro atoms. The second-order valence-electron chi connectivity index (χ2n) is 5.06. The first-order chi connectivity index (χ1) is 8.95. The third-order valence-electron chi connectivity index (χ3n) is 3.19. The van der Waals surface area contributed by atoms with E-state index in [0.29, 0.717) is 12.1 Å². The molecule has 0 aliphatic carbocycles. The topological polar surface area (TPSA) is 49.8 Å². The summed E-state index contributed by atoms with van der Waals surface area (Å²) in [6.07, 6.45) is 0.205. The SMILES string of the molecule is C[C@@H]1CN(Cc2cc(F)ccc2C(=O)O)C[C@H](C)O1. The lowest BCUT2D eigenvalue weighted by atomic mass is 10.1. The van der Waals surface area contributed by atoms with E-state index in [9.17, 15) is 9.18 Å². The standard InChI is InChI=1S/C14H18FNO3/c1-9-6-16(7-10(2)19-9)8-11-5-12(15)3-4-13(11)14(17)18/h3-5,9-10H,6-8H2,1-2H3,(H,17,18)/t9-,10+. The minimum Gasteiger partial charge on any atom is -0.478 e. The predicted octanol–water partition coefficient (Wildman–Crippen LogP) is 2.13. The molecule has 1 aliphatic rings. The quantitative estimate of drug-likeness (QED) is 0.911. The minimum atomic E-state index is -1.02. The monoisotopic (exact) mass is 267 g/mol. The fourth-order valence-electron chi connectivity index (χ4n) is 2.56. The molecule has 0 aromatic heterocycles. The Bertz CT molecular complexity index is 468. The van der Waals surface area contributed by atoms with Gasteiger partial charge in [0.15, 0.2) is 0 Å². The maximum absolute atomic E-state index is 13.3. The molecule has 0 unspecified atom stereocenters. The van der Waals surface area contributed by atoms with Crippen LogP contribution in [0.15, 0.2) is 18.2 Å². The number of carboxylic acids is 1. The Labute approximate surface area is 111 Å². The fraction of sp³-hybridized carbons (Fsp3) is 0.500. The van der Waals surface area contributed by atoms with Crippen LogP contribution in [0.1, 0.15) is 29.8 Å². The summed E-state index contributed by atoms with van der Waals surface area (Å²) in [5.41, 5.74) is 0.669. The molecule has 1 saturated heterocycles. The van der Waals surface area contributed by atoms with Gasteiger partial charge in [0.25, 0.3) is 0 Å². The number of rotatable bonds is 3. The molecule has 1 aromatic carbocycles. The molecule has 0 saturated carbocycles. The van der Waals surface area contributed by atoms with Gasteiger partial charge in [-0.2, -0.15) is 0 Å². The lowest BCUT2D eigenvalue weighted by Crippen LogP contribution is -2.45. The van der Waals surface area contributed by atoms with Crippen LogP contribution in [0.3, 0.4) is 0 Å². The zero-order chi connectivity index (χ0) is 14.0. The van der Waals surface area contributed by atoms with Crippen LogP contribution in [-0.2, 0) is 11.3 Å². The number of aromatic carboxylic acids is 1. The molecule has 104 valence electrons. The summed E-state index contributed by atoms with van der Waals surface area (Å²) >= 11 is 0. The molecule has 0 amide bonds. The van der Waals surface area contributed by atoms with Crippen LogP contribution >= 0.6 is 0 Å². The van der Waals surface area contributed by atoms with E-state index in [2.05, 4.69) is 4.90 Å². The van der Waals surface area contributed by atoms with Crippen molar-refractivity contribution in [2.45, 2.75) is 32.6 Å². The number of ether oxygens (including phenoxy) is 1. The van der Waals surface area contributed by atoms with E-state index < -0.39 is 11.8 Å².